The second-order valence-electron chi connectivity index (χ2n) is 2.56. The van der Waals surface area contributed by atoms with Gasteiger partial charge < -0.3 is 15.2 Å². The summed E-state index contributed by atoms with van der Waals surface area (Å²) in [5.41, 5.74) is 7.29. The van der Waals surface area contributed by atoms with Crippen molar-refractivity contribution in [3.05, 3.63) is 17.7 Å². The van der Waals surface area contributed by atoms with E-state index in [0.717, 1.165) is 11.3 Å². The van der Waals surface area contributed by atoms with Crippen molar-refractivity contribution in [1.29, 1.82) is 0 Å². The van der Waals surface area contributed by atoms with Gasteiger partial charge >= 0.3 is 0 Å². The number of nitrogen functional groups attached to an aromatic ring is 1. The molecule has 0 aliphatic heterocycles. The Labute approximate surface area is 72.1 Å². The molecule has 0 unspecified atom stereocenters. The van der Waals surface area contributed by atoms with Crippen molar-refractivity contribution in [1.82, 2.24) is 0 Å². The van der Waals surface area contributed by atoms with Crippen molar-refractivity contribution in [2.75, 3.05) is 20.0 Å². The van der Waals surface area contributed by atoms with Crippen LogP contribution in [0.3, 0.4) is 0 Å². The van der Waals surface area contributed by atoms with Gasteiger partial charge in [-0.15, -0.1) is 0 Å². The third kappa shape index (κ3) is 1.44. The number of hydrogen-bond donors (Lipinski definition) is 1. The first-order valence-electron chi connectivity index (χ1n) is 3.67. The summed E-state index contributed by atoms with van der Waals surface area (Å²) in [7, 11) is 3.21. The molecule has 3 nitrogen and oxygen atoms in total. The third-order valence-corrected chi connectivity index (χ3v) is 1.75. The molecule has 0 aliphatic rings. The highest BCUT2D eigenvalue weighted by molar-refractivity contribution is 5.58. The summed E-state index contributed by atoms with van der Waals surface area (Å²) >= 11 is 0. The quantitative estimate of drug-likeness (QED) is 0.680. The van der Waals surface area contributed by atoms with Crippen LogP contribution in [0.5, 0.6) is 11.5 Å². The van der Waals surface area contributed by atoms with Crippen molar-refractivity contribution >= 4 is 5.69 Å². The Hall–Kier alpha value is -1.38. The van der Waals surface area contributed by atoms with Crippen molar-refractivity contribution < 1.29 is 9.47 Å². The largest absolute Gasteiger partial charge is 0.496 e. The molecular formula is C9H13NO2. The van der Waals surface area contributed by atoms with Gasteiger partial charge in [0.2, 0.25) is 0 Å². The summed E-state index contributed by atoms with van der Waals surface area (Å²) in [5.74, 6) is 1.47. The monoisotopic (exact) mass is 167 g/mol. The number of anilines is 1. The molecule has 0 saturated carbocycles. The van der Waals surface area contributed by atoms with Gasteiger partial charge in [-0.25, -0.2) is 0 Å². The maximum absolute atomic E-state index is 5.67. The molecule has 0 heterocycles. The van der Waals surface area contributed by atoms with Crippen LogP contribution in [0.1, 0.15) is 5.56 Å². The SMILES string of the molecule is COc1cc(N)c(OC)cc1C. The van der Waals surface area contributed by atoms with Crippen molar-refractivity contribution in [2.24, 2.45) is 0 Å². The lowest BCUT2D eigenvalue weighted by atomic mass is 10.2. The number of rotatable bonds is 2. The lowest BCUT2D eigenvalue weighted by Gasteiger charge is -2.09. The Balaban J connectivity index is 3.16. The fourth-order valence-electron chi connectivity index (χ4n) is 1.07. The Morgan fingerprint density at radius 1 is 1.08 bits per heavy atom. The van der Waals surface area contributed by atoms with Gasteiger partial charge in [0, 0.05) is 6.07 Å². The molecule has 0 amide bonds. The zero-order valence-electron chi connectivity index (χ0n) is 7.55. The van der Waals surface area contributed by atoms with Crippen molar-refractivity contribution in [2.45, 2.75) is 6.92 Å². The molecule has 0 radical (unpaired) electrons. The van der Waals surface area contributed by atoms with Gasteiger partial charge in [0.1, 0.15) is 11.5 Å². The minimum Gasteiger partial charge on any atom is -0.496 e. The van der Waals surface area contributed by atoms with Crippen LogP contribution in [-0.2, 0) is 0 Å². The van der Waals surface area contributed by atoms with E-state index in [0.29, 0.717) is 11.4 Å². The first kappa shape index (κ1) is 8.71. The van der Waals surface area contributed by atoms with Crippen LogP contribution in [0, 0.1) is 6.92 Å². The molecule has 0 bridgehead atoms. The second-order valence-corrected chi connectivity index (χ2v) is 2.56. The van der Waals surface area contributed by atoms with E-state index < -0.39 is 0 Å². The van der Waals surface area contributed by atoms with E-state index in [1.54, 1.807) is 20.3 Å². The van der Waals surface area contributed by atoms with Crippen LogP contribution in [0.2, 0.25) is 0 Å². The minimum absolute atomic E-state index is 0.597. The average molecular weight is 167 g/mol. The molecule has 3 heteroatoms. The summed E-state index contributed by atoms with van der Waals surface area (Å²) in [6.07, 6.45) is 0. The molecule has 12 heavy (non-hydrogen) atoms. The number of hydrogen-bond acceptors (Lipinski definition) is 3. The van der Waals surface area contributed by atoms with E-state index in [1.165, 1.54) is 0 Å². The molecule has 0 fully saturated rings. The van der Waals surface area contributed by atoms with Gasteiger partial charge in [0.05, 0.1) is 19.9 Å². The Morgan fingerprint density at radius 3 is 2.17 bits per heavy atom. The summed E-state index contributed by atoms with van der Waals surface area (Å²) in [5, 5.41) is 0. The number of benzene rings is 1. The van der Waals surface area contributed by atoms with Crippen LogP contribution in [0.4, 0.5) is 5.69 Å². The predicted octanol–water partition coefficient (Wildman–Crippen LogP) is 1.59. The predicted molar refractivity (Wildman–Crippen MR) is 48.7 cm³/mol. The fraction of sp³-hybridized carbons (Fsp3) is 0.333. The lowest BCUT2D eigenvalue weighted by molar-refractivity contribution is 0.402. The van der Waals surface area contributed by atoms with Gasteiger partial charge in [-0.05, 0) is 18.6 Å². The van der Waals surface area contributed by atoms with Crippen molar-refractivity contribution in [3.63, 3.8) is 0 Å². The number of methoxy groups -OCH3 is 2. The normalized spacial score (nSPS) is 9.58. The molecule has 0 spiro atoms. The highest BCUT2D eigenvalue weighted by Gasteiger charge is 2.04. The van der Waals surface area contributed by atoms with Crippen LogP contribution >= 0.6 is 0 Å². The topological polar surface area (TPSA) is 44.5 Å². The molecule has 2 N–H and O–H groups in total. The molecule has 0 saturated heterocycles. The van der Waals surface area contributed by atoms with Crippen LogP contribution in [-0.4, -0.2) is 14.2 Å². The maximum atomic E-state index is 5.67. The zero-order chi connectivity index (χ0) is 9.14. The molecule has 1 rings (SSSR count). The van der Waals surface area contributed by atoms with E-state index in [1.807, 2.05) is 13.0 Å². The third-order valence-electron chi connectivity index (χ3n) is 1.75. The Kier molecular flexibility index (Phi) is 2.43. The fourth-order valence-corrected chi connectivity index (χ4v) is 1.07. The van der Waals surface area contributed by atoms with E-state index in [-0.39, 0.29) is 0 Å². The first-order valence-corrected chi connectivity index (χ1v) is 3.67. The summed E-state index contributed by atoms with van der Waals surface area (Å²) in [4.78, 5) is 0. The average Bonchev–Trinajstić information content (AvgIpc) is 2.08. The summed E-state index contributed by atoms with van der Waals surface area (Å²) in [6, 6.07) is 3.61. The second kappa shape index (κ2) is 3.34. The minimum atomic E-state index is 0.597. The summed E-state index contributed by atoms with van der Waals surface area (Å²) in [6.45, 7) is 1.95. The van der Waals surface area contributed by atoms with Gasteiger partial charge in [-0.1, -0.05) is 0 Å². The van der Waals surface area contributed by atoms with Crippen LogP contribution in [0.25, 0.3) is 0 Å². The molecular weight excluding hydrogens is 154 g/mol. The molecule has 0 atom stereocenters. The molecule has 1 aromatic carbocycles. The maximum Gasteiger partial charge on any atom is 0.142 e. The van der Waals surface area contributed by atoms with Crippen LogP contribution in [0.15, 0.2) is 12.1 Å². The summed E-state index contributed by atoms with van der Waals surface area (Å²) < 4.78 is 10.1. The van der Waals surface area contributed by atoms with Gasteiger partial charge in [0.15, 0.2) is 0 Å². The zero-order valence-corrected chi connectivity index (χ0v) is 7.55. The van der Waals surface area contributed by atoms with Crippen LogP contribution < -0.4 is 15.2 Å². The standard InChI is InChI=1S/C9H13NO2/c1-6-4-9(12-3)7(10)5-8(6)11-2/h4-5H,10H2,1-3H3. The molecule has 0 aromatic heterocycles. The highest BCUT2D eigenvalue weighted by atomic mass is 16.5. The van der Waals surface area contributed by atoms with Crippen molar-refractivity contribution in [3.8, 4) is 11.5 Å². The van der Waals surface area contributed by atoms with Gasteiger partial charge in [-0.3, -0.25) is 0 Å². The van der Waals surface area contributed by atoms with Gasteiger partial charge in [-0.2, -0.15) is 0 Å². The molecule has 1 aromatic rings. The first-order chi connectivity index (χ1) is 5.69. The molecule has 0 aliphatic carbocycles. The Bertz CT molecular complexity index is 254. The number of nitrogens with two attached hydrogens (primary N) is 1. The van der Waals surface area contributed by atoms with E-state index in [9.17, 15) is 0 Å². The smallest absolute Gasteiger partial charge is 0.142 e. The molecule has 66 valence electrons. The van der Waals surface area contributed by atoms with Gasteiger partial charge in [0.25, 0.3) is 0 Å². The van der Waals surface area contributed by atoms with E-state index in [2.05, 4.69) is 0 Å². The van der Waals surface area contributed by atoms with E-state index >= 15 is 0 Å². The number of aryl methyl sites for hydroxylation is 1. The number of ether oxygens (including phenoxy) is 2. The lowest BCUT2D eigenvalue weighted by Crippen LogP contribution is -1.95. The Morgan fingerprint density at radius 2 is 1.67 bits per heavy atom. The highest BCUT2D eigenvalue weighted by Crippen LogP contribution is 2.29. The van der Waals surface area contributed by atoms with E-state index in [4.69, 9.17) is 15.2 Å².